The molecule has 0 aromatic heterocycles. The van der Waals surface area contributed by atoms with E-state index in [1.807, 2.05) is 24.3 Å². The van der Waals surface area contributed by atoms with Crippen molar-refractivity contribution in [3.8, 4) is 5.75 Å². The van der Waals surface area contributed by atoms with E-state index >= 15 is 0 Å². The Bertz CT molecular complexity index is 972. The average Bonchev–Trinajstić information content (AvgIpc) is 3.17. The van der Waals surface area contributed by atoms with Crippen LogP contribution in [0.4, 0.5) is 5.69 Å². The molecule has 2 N–H and O–H groups in total. The van der Waals surface area contributed by atoms with E-state index in [-0.39, 0.29) is 23.9 Å². The Balaban J connectivity index is 1.48. The quantitative estimate of drug-likeness (QED) is 0.676. The van der Waals surface area contributed by atoms with Crippen molar-refractivity contribution in [3.63, 3.8) is 0 Å². The van der Waals surface area contributed by atoms with Crippen molar-refractivity contribution in [2.45, 2.75) is 24.3 Å². The fourth-order valence-electron chi connectivity index (χ4n) is 2.98. The third-order valence-corrected chi connectivity index (χ3v) is 6.02. The molecule has 0 radical (unpaired) electrons. The number of methoxy groups -OCH3 is 1. The molecule has 2 aromatic carbocycles. The maximum absolute atomic E-state index is 12.2. The molecule has 0 atom stereocenters. The zero-order valence-corrected chi connectivity index (χ0v) is 16.9. The highest BCUT2D eigenvalue weighted by molar-refractivity contribution is 7.89. The molecule has 0 aliphatic carbocycles. The zero-order valence-electron chi connectivity index (χ0n) is 16.1. The third-order valence-electron chi connectivity index (χ3n) is 4.60. The topological polar surface area (TPSA) is 105 Å². The number of nitrogens with one attached hydrogen (secondary N) is 2. The molecule has 2 amide bonds. The van der Waals surface area contributed by atoms with Gasteiger partial charge in [0.2, 0.25) is 21.8 Å². The first kappa shape index (κ1) is 20.8. The van der Waals surface area contributed by atoms with Crippen LogP contribution in [0.2, 0.25) is 0 Å². The van der Waals surface area contributed by atoms with Gasteiger partial charge >= 0.3 is 0 Å². The summed E-state index contributed by atoms with van der Waals surface area (Å²) >= 11 is 0. The van der Waals surface area contributed by atoms with Gasteiger partial charge in [0.25, 0.3) is 0 Å². The first-order chi connectivity index (χ1) is 13.9. The summed E-state index contributed by atoms with van der Waals surface area (Å²) in [6.45, 7) is 0.620. The number of hydrogen-bond acceptors (Lipinski definition) is 5. The molecule has 29 heavy (non-hydrogen) atoms. The second-order valence-corrected chi connectivity index (χ2v) is 8.36. The Morgan fingerprint density at radius 2 is 1.79 bits per heavy atom. The summed E-state index contributed by atoms with van der Waals surface area (Å²) < 4.78 is 31.7. The minimum absolute atomic E-state index is 0.0538. The van der Waals surface area contributed by atoms with E-state index in [0.29, 0.717) is 12.2 Å². The van der Waals surface area contributed by atoms with Crippen LogP contribution in [-0.4, -0.2) is 40.4 Å². The standard InChI is InChI=1S/C20H23N3O5S/c1-28-17-8-10-18(11-9-17)29(26,27)22-14-19(24)21-13-15-4-6-16(7-5-15)23-12-2-3-20(23)25/h4-11,22H,2-3,12-14H2,1H3,(H,21,24). The van der Waals surface area contributed by atoms with Crippen LogP contribution >= 0.6 is 0 Å². The number of hydrogen-bond donors (Lipinski definition) is 2. The molecule has 0 unspecified atom stereocenters. The summed E-state index contributed by atoms with van der Waals surface area (Å²) in [5.74, 6) is 0.220. The fourth-order valence-corrected chi connectivity index (χ4v) is 3.96. The Labute approximate surface area is 169 Å². The molecule has 154 valence electrons. The highest BCUT2D eigenvalue weighted by Gasteiger charge is 2.21. The summed E-state index contributed by atoms with van der Waals surface area (Å²) in [4.78, 5) is 25.6. The normalized spacial score (nSPS) is 14.1. The van der Waals surface area contributed by atoms with Crippen LogP contribution in [0.5, 0.6) is 5.75 Å². The predicted octanol–water partition coefficient (Wildman–Crippen LogP) is 1.42. The van der Waals surface area contributed by atoms with Crippen LogP contribution in [0.3, 0.4) is 0 Å². The van der Waals surface area contributed by atoms with Crippen molar-refractivity contribution in [2.75, 3.05) is 25.1 Å². The summed E-state index contributed by atoms with van der Waals surface area (Å²) in [5, 5.41) is 2.67. The van der Waals surface area contributed by atoms with Crippen molar-refractivity contribution >= 4 is 27.5 Å². The van der Waals surface area contributed by atoms with Gasteiger partial charge < -0.3 is 15.0 Å². The molecule has 8 nitrogen and oxygen atoms in total. The molecule has 0 saturated carbocycles. The SMILES string of the molecule is COc1ccc(S(=O)(=O)NCC(=O)NCc2ccc(N3CCCC3=O)cc2)cc1. The Morgan fingerprint density at radius 3 is 2.38 bits per heavy atom. The molecular weight excluding hydrogens is 394 g/mol. The van der Waals surface area contributed by atoms with E-state index in [4.69, 9.17) is 4.74 Å². The molecule has 1 saturated heterocycles. The van der Waals surface area contributed by atoms with Gasteiger partial charge in [-0.2, -0.15) is 0 Å². The second kappa shape index (κ2) is 9.06. The van der Waals surface area contributed by atoms with Gasteiger partial charge in [0, 0.05) is 25.2 Å². The molecule has 0 spiro atoms. The lowest BCUT2D eigenvalue weighted by atomic mass is 10.2. The second-order valence-electron chi connectivity index (χ2n) is 6.59. The first-order valence-corrected chi connectivity index (χ1v) is 10.7. The van der Waals surface area contributed by atoms with Crippen molar-refractivity contribution in [2.24, 2.45) is 0 Å². The maximum atomic E-state index is 12.2. The van der Waals surface area contributed by atoms with Crippen LogP contribution in [0.15, 0.2) is 53.4 Å². The van der Waals surface area contributed by atoms with E-state index in [0.717, 1.165) is 24.2 Å². The smallest absolute Gasteiger partial charge is 0.241 e. The van der Waals surface area contributed by atoms with Gasteiger partial charge in [-0.25, -0.2) is 13.1 Å². The number of carbonyl (C=O) groups is 2. The van der Waals surface area contributed by atoms with Crippen LogP contribution in [-0.2, 0) is 26.2 Å². The largest absolute Gasteiger partial charge is 0.497 e. The highest BCUT2D eigenvalue weighted by Crippen LogP contribution is 2.21. The number of benzene rings is 2. The van der Waals surface area contributed by atoms with Gasteiger partial charge in [-0.15, -0.1) is 0 Å². The lowest BCUT2D eigenvalue weighted by Gasteiger charge is -2.16. The Kier molecular flexibility index (Phi) is 6.50. The number of amides is 2. The first-order valence-electron chi connectivity index (χ1n) is 9.19. The maximum Gasteiger partial charge on any atom is 0.241 e. The highest BCUT2D eigenvalue weighted by atomic mass is 32.2. The Hall–Kier alpha value is -2.91. The number of ether oxygens (including phenoxy) is 1. The molecule has 3 rings (SSSR count). The van der Waals surface area contributed by atoms with Gasteiger partial charge in [0.05, 0.1) is 18.6 Å². The van der Waals surface area contributed by atoms with Gasteiger partial charge in [0.1, 0.15) is 5.75 Å². The molecule has 1 heterocycles. The molecule has 1 aliphatic heterocycles. The molecule has 1 aliphatic rings. The van der Waals surface area contributed by atoms with Crippen molar-refractivity contribution in [1.29, 1.82) is 0 Å². The minimum atomic E-state index is -3.79. The van der Waals surface area contributed by atoms with Crippen LogP contribution in [0, 0.1) is 0 Å². The number of carbonyl (C=O) groups excluding carboxylic acids is 2. The lowest BCUT2D eigenvalue weighted by molar-refractivity contribution is -0.120. The zero-order chi connectivity index (χ0) is 20.9. The molecule has 9 heteroatoms. The van der Waals surface area contributed by atoms with Gasteiger partial charge in [-0.1, -0.05) is 12.1 Å². The van der Waals surface area contributed by atoms with Crippen LogP contribution in [0.25, 0.3) is 0 Å². The predicted molar refractivity (Wildman–Crippen MR) is 108 cm³/mol. The molecular formula is C20H23N3O5S. The van der Waals surface area contributed by atoms with Crippen molar-refractivity contribution in [3.05, 3.63) is 54.1 Å². The van der Waals surface area contributed by atoms with Crippen LogP contribution in [0.1, 0.15) is 18.4 Å². The van der Waals surface area contributed by atoms with Gasteiger partial charge in [0.15, 0.2) is 0 Å². The monoisotopic (exact) mass is 417 g/mol. The molecule has 0 bridgehead atoms. The third kappa shape index (κ3) is 5.33. The number of rotatable bonds is 8. The summed E-state index contributed by atoms with van der Waals surface area (Å²) in [6, 6.07) is 13.2. The summed E-state index contributed by atoms with van der Waals surface area (Å²) in [7, 11) is -2.30. The minimum Gasteiger partial charge on any atom is -0.497 e. The fraction of sp³-hybridized carbons (Fsp3) is 0.300. The molecule has 2 aromatic rings. The van der Waals surface area contributed by atoms with Crippen molar-refractivity contribution < 1.29 is 22.7 Å². The number of anilines is 1. The van der Waals surface area contributed by atoms with Gasteiger partial charge in [-0.3, -0.25) is 9.59 Å². The number of sulfonamides is 1. The van der Waals surface area contributed by atoms with E-state index in [1.165, 1.54) is 31.4 Å². The van der Waals surface area contributed by atoms with E-state index in [9.17, 15) is 18.0 Å². The van der Waals surface area contributed by atoms with Crippen LogP contribution < -0.4 is 19.7 Å². The van der Waals surface area contributed by atoms with Crippen molar-refractivity contribution in [1.82, 2.24) is 10.0 Å². The Morgan fingerprint density at radius 1 is 1.10 bits per heavy atom. The summed E-state index contributed by atoms with van der Waals surface area (Å²) in [5.41, 5.74) is 1.70. The van der Waals surface area contributed by atoms with E-state index in [2.05, 4.69) is 10.0 Å². The van der Waals surface area contributed by atoms with Gasteiger partial charge in [-0.05, 0) is 48.4 Å². The summed E-state index contributed by atoms with van der Waals surface area (Å²) in [6.07, 6.45) is 1.44. The number of nitrogens with zero attached hydrogens (tertiary/aromatic N) is 1. The molecule has 1 fully saturated rings. The average molecular weight is 417 g/mol. The van der Waals surface area contributed by atoms with E-state index in [1.54, 1.807) is 4.90 Å². The van der Waals surface area contributed by atoms with E-state index < -0.39 is 15.9 Å². The lowest BCUT2D eigenvalue weighted by Crippen LogP contribution is -2.36.